The number of hydrogen-bond acceptors (Lipinski definition) is 3. The first-order chi connectivity index (χ1) is 10.8. The van der Waals surface area contributed by atoms with Crippen molar-refractivity contribution >= 4 is 11.6 Å². The van der Waals surface area contributed by atoms with E-state index in [-0.39, 0.29) is 12.5 Å². The molecule has 1 fully saturated rings. The van der Waals surface area contributed by atoms with Gasteiger partial charge >= 0.3 is 0 Å². The molecule has 2 heterocycles. The fraction of sp³-hybridized carbons (Fsp3) is 0.611. The van der Waals surface area contributed by atoms with Crippen LogP contribution in [-0.2, 0) is 14.3 Å². The first-order valence-electron chi connectivity index (χ1n) is 8.30. The smallest absolute Gasteiger partial charge is 0.252 e. The van der Waals surface area contributed by atoms with Gasteiger partial charge in [0.2, 0.25) is 0 Å². The molecule has 120 valence electrons. The molecule has 0 saturated carbocycles. The van der Waals surface area contributed by atoms with Crippen molar-refractivity contribution in [3.63, 3.8) is 0 Å². The van der Waals surface area contributed by atoms with Crippen LogP contribution in [0, 0.1) is 5.92 Å². The fourth-order valence-electron chi connectivity index (χ4n) is 3.35. The first kappa shape index (κ1) is 15.5. The summed E-state index contributed by atoms with van der Waals surface area (Å²) in [5.41, 5.74) is 2.34. The molecule has 22 heavy (non-hydrogen) atoms. The van der Waals surface area contributed by atoms with Crippen LogP contribution in [0.3, 0.4) is 0 Å². The molecule has 1 saturated heterocycles. The van der Waals surface area contributed by atoms with Gasteiger partial charge in [-0.15, -0.1) is 0 Å². The van der Waals surface area contributed by atoms with Crippen LogP contribution in [0.5, 0.6) is 0 Å². The SMILES string of the molecule is C[C@@H]1CCCN(C(=O)COC[C@@H]2CCOC2)c2ccccc21. The molecule has 0 aromatic heterocycles. The highest BCUT2D eigenvalue weighted by molar-refractivity contribution is 5.95. The van der Waals surface area contributed by atoms with E-state index in [2.05, 4.69) is 25.1 Å². The summed E-state index contributed by atoms with van der Waals surface area (Å²) in [5.74, 6) is 1.02. The Balaban J connectivity index is 1.62. The van der Waals surface area contributed by atoms with Gasteiger partial charge in [-0.1, -0.05) is 25.1 Å². The van der Waals surface area contributed by atoms with Crippen molar-refractivity contribution in [2.24, 2.45) is 5.92 Å². The van der Waals surface area contributed by atoms with Gasteiger partial charge in [0.1, 0.15) is 6.61 Å². The fourth-order valence-corrected chi connectivity index (χ4v) is 3.35. The minimum absolute atomic E-state index is 0.0699. The van der Waals surface area contributed by atoms with Crippen molar-refractivity contribution in [2.75, 3.05) is 37.9 Å². The molecule has 0 aliphatic carbocycles. The van der Waals surface area contributed by atoms with Gasteiger partial charge < -0.3 is 14.4 Å². The number of benzene rings is 1. The average molecular weight is 303 g/mol. The molecule has 2 atom stereocenters. The summed E-state index contributed by atoms with van der Waals surface area (Å²) in [4.78, 5) is 14.5. The summed E-state index contributed by atoms with van der Waals surface area (Å²) >= 11 is 0. The summed E-state index contributed by atoms with van der Waals surface area (Å²) < 4.78 is 11.0. The lowest BCUT2D eigenvalue weighted by Crippen LogP contribution is -2.35. The number of amides is 1. The van der Waals surface area contributed by atoms with Crippen LogP contribution < -0.4 is 4.90 Å². The number of carbonyl (C=O) groups excluding carboxylic acids is 1. The second kappa shape index (κ2) is 7.25. The minimum Gasteiger partial charge on any atom is -0.381 e. The molecule has 1 amide bonds. The normalized spacial score (nSPS) is 24.9. The van der Waals surface area contributed by atoms with E-state index < -0.39 is 0 Å². The Morgan fingerprint density at radius 2 is 2.23 bits per heavy atom. The van der Waals surface area contributed by atoms with Gasteiger partial charge in [-0.2, -0.15) is 0 Å². The van der Waals surface area contributed by atoms with Crippen LogP contribution in [0.2, 0.25) is 0 Å². The molecule has 0 spiro atoms. The summed E-state index contributed by atoms with van der Waals surface area (Å²) in [6.07, 6.45) is 3.21. The van der Waals surface area contributed by atoms with Crippen molar-refractivity contribution in [2.45, 2.75) is 32.1 Å². The number of fused-ring (bicyclic) bond motifs is 1. The molecule has 0 unspecified atom stereocenters. The quantitative estimate of drug-likeness (QED) is 0.858. The Labute approximate surface area is 132 Å². The maximum absolute atomic E-state index is 12.6. The number of para-hydroxylation sites is 1. The van der Waals surface area contributed by atoms with Gasteiger partial charge in [-0.25, -0.2) is 0 Å². The van der Waals surface area contributed by atoms with Crippen molar-refractivity contribution in [1.82, 2.24) is 0 Å². The zero-order chi connectivity index (χ0) is 15.4. The highest BCUT2D eigenvalue weighted by Crippen LogP contribution is 2.33. The molecule has 4 heteroatoms. The highest BCUT2D eigenvalue weighted by Gasteiger charge is 2.24. The third-order valence-corrected chi connectivity index (χ3v) is 4.68. The molecule has 0 bridgehead atoms. The average Bonchev–Trinajstić information content (AvgIpc) is 2.98. The van der Waals surface area contributed by atoms with E-state index >= 15 is 0 Å². The van der Waals surface area contributed by atoms with Gasteiger partial charge in [0, 0.05) is 24.8 Å². The maximum Gasteiger partial charge on any atom is 0.252 e. The van der Waals surface area contributed by atoms with Crippen molar-refractivity contribution in [3.8, 4) is 0 Å². The van der Waals surface area contributed by atoms with E-state index in [0.29, 0.717) is 18.4 Å². The van der Waals surface area contributed by atoms with Crippen LogP contribution in [0.4, 0.5) is 5.69 Å². The summed E-state index contributed by atoms with van der Waals surface area (Å²) in [7, 11) is 0. The molecule has 4 nitrogen and oxygen atoms in total. The van der Waals surface area contributed by atoms with Crippen LogP contribution >= 0.6 is 0 Å². The van der Waals surface area contributed by atoms with Gasteiger partial charge in [0.25, 0.3) is 5.91 Å². The standard InChI is InChI=1S/C18H25NO3/c1-14-5-4-9-19(17-7-3-2-6-16(14)17)18(20)13-22-12-15-8-10-21-11-15/h2-3,6-7,14-15H,4-5,8-13H2,1H3/t14-,15-/m1/s1. The third-order valence-electron chi connectivity index (χ3n) is 4.68. The van der Waals surface area contributed by atoms with Crippen LogP contribution in [0.1, 0.15) is 37.7 Å². The zero-order valence-corrected chi connectivity index (χ0v) is 13.3. The van der Waals surface area contributed by atoms with Crippen LogP contribution in [0.25, 0.3) is 0 Å². The van der Waals surface area contributed by atoms with E-state index in [9.17, 15) is 4.79 Å². The van der Waals surface area contributed by atoms with E-state index in [1.165, 1.54) is 5.56 Å². The Morgan fingerprint density at radius 1 is 1.36 bits per heavy atom. The Kier molecular flexibility index (Phi) is 5.11. The lowest BCUT2D eigenvalue weighted by atomic mass is 9.96. The maximum atomic E-state index is 12.6. The molecule has 1 aromatic carbocycles. The molecule has 2 aliphatic rings. The highest BCUT2D eigenvalue weighted by atomic mass is 16.5. The number of nitrogens with zero attached hydrogens (tertiary/aromatic N) is 1. The predicted octanol–water partition coefficient (Wildman–Crippen LogP) is 2.97. The number of rotatable bonds is 4. The summed E-state index contributed by atoms with van der Waals surface area (Å²) in [5, 5.41) is 0. The predicted molar refractivity (Wildman–Crippen MR) is 86.2 cm³/mol. The van der Waals surface area contributed by atoms with E-state index in [1.807, 2.05) is 11.0 Å². The number of ether oxygens (including phenoxy) is 2. The molecular formula is C18H25NO3. The van der Waals surface area contributed by atoms with E-state index in [4.69, 9.17) is 9.47 Å². The lowest BCUT2D eigenvalue weighted by Gasteiger charge is -2.23. The van der Waals surface area contributed by atoms with E-state index in [1.54, 1.807) is 0 Å². The zero-order valence-electron chi connectivity index (χ0n) is 13.3. The first-order valence-corrected chi connectivity index (χ1v) is 8.30. The monoisotopic (exact) mass is 303 g/mol. The van der Waals surface area contributed by atoms with Crippen molar-refractivity contribution in [3.05, 3.63) is 29.8 Å². The molecule has 0 N–H and O–H groups in total. The Morgan fingerprint density at radius 3 is 3.05 bits per heavy atom. The summed E-state index contributed by atoms with van der Waals surface area (Å²) in [6, 6.07) is 8.26. The van der Waals surface area contributed by atoms with Crippen molar-refractivity contribution < 1.29 is 14.3 Å². The van der Waals surface area contributed by atoms with E-state index in [0.717, 1.165) is 44.7 Å². The second-order valence-corrected chi connectivity index (χ2v) is 6.39. The largest absolute Gasteiger partial charge is 0.381 e. The van der Waals surface area contributed by atoms with Gasteiger partial charge in [0.15, 0.2) is 0 Å². The van der Waals surface area contributed by atoms with Crippen LogP contribution in [-0.4, -0.2) is 38.9 Å². The summed E-state index contributed by atoms with van der Waals surface area (Å²) in [6.45, 7) is 5.40. The topological polar surface area (TPSA) is 38.8 Å². The second-order valence-electron chi connectivity index (χ2n) is 6.39. The molecule has 0 radical (unpaired) electrons. The molecule has 3 rings (SSSR count). The Hall–Kier alpha value is -1.39. The lowest BCUT2D eigenvalue weighted by molar-refractivity contribution is -0.123. The van der Waals surface area contributed by atoms with Gasteiger partial charge in [0.05, 0.1) is 13.2 Å². The molecule has 1 aromatic rings. The number of anilines is 1. The van der Waals surface area contributed by atoms with Crippen molar-refractivity contribution in [1.29, 1.82) is 0 Å². The van der Waals surface area contributed by atoms with Crippen LogP contribution in [0.15, 0.2) is 24.3 Å². The number of hydrogen-bond donors (Lipinski definition) is 0. The Bertz CT molecular complexity index is 511. The number of carbonyl (C=O) groups is 1. The molecule has 2 aliphatic heterocycles. The van der Waals surface area contributed by atoms with Gasteiger partial charge in [-0.05, 0) is 36.8 Å². The minimum atomic E-state index is 0.0699. The molecular weight excluding hydrogens is 278 g/mol. The van der Waals surface area contributed by atoms with Gasteiger partial charge in [-0.3, -0.25) is 4.79 Å². The third kappa shape index (κ3) is 3.50.